The van der Waals surface area contributed by atoms with Gasteiger partial charge in [0.05, 0.1) is 5.75 Å². The summed E-state index contributed by atoms with van der Waals surface area (Å²) in [5.74, 6) is -0.183. The molecule has 0 atom stereocenters. The van der Waals surface area contributed by atoms with Crippen LogP contribution in [0.25, 0.3) is 0 Å². The van der Waals surface area contributed by atoms with Crippen LogP contribution in [0, 0.1) is 0 Å². The van der Waals surface area contributed by atoms with E-state index in [9.17, 15) is 13.2 Å². The fourth-order valence-electron chi connectivity index (χ4n) is 3.66. The van der Waals surface area contributed by atoms with Crippen LogP contribution in [-0.2, 0) is 34.3 Å². The molecule has 0 spiro atoms. The number of primary sulfonamides is 1. The van der Waals surface area contributed by atoms with Crippen LogP contribution >= 0.6 is 0 Å². The van der Waals surface area contributed by atoms with Gasteiger partial charge in [0.1, 0.15) is 0 Å². The minimum absolute atomic E-state index is 0.0368. The number of hydrogen-bond donors (Lipinski definition) is 1. The van der Waals surface area contributed by atoms with Crippen LogP contribution in [0.3, 0.4) is 0 Å². The lowest BCUT2D eigenvalue weighted by atomic mass is 9.87. The quantitative estimate of drug-likeness (QED) is 0.761. The van der Waals surface area contributed by atoms with Crippen molar-refractivity contribution in [1.29, 1.82) is 0 Å². The summed E-state index contributed by atoms with van der Waals surface area (Å²) in [4.78, 5) is 16.7. The Morgan fingerprint density at radius 3 is 1.70 bits per heavy atom. The Morgan fingerprint density at radius 2 is 1.27 bits per heavy atom. The minimum Gasteiger partial charge on any atom is -0.320 e. The maximum Gasteiger partial charge on any atom is 0.320 e. The van der Waals surface area contributed by atoms with E-state index in [0.29, 0.717) is 18.7 Å². The van der Waals surface area contributed by atoms with Gasteiger partial charge in [-0.25, -0.2) is 18.4 Å². The highest BCUT2D eigenvalue weighted by Crippen LogP contribution is 2.23. The molecule has 6 nitrogen and oxygen atoms in total. The molecule has 0 unspecified atom stereocenters. The van der Waals surface area contributed by atoms with Crippen LogP contribution in [0.4, 0.5) is 4.79 Å². The minimum atomic E-state index is -3.55. The Balaban J connectivity index is 1.62. The second-order valence-corrected chi connectivity index (χ2v) is 10.7. The molecule has 1 fully saturated rings. The molecule has 3 rings (SSSR count). The third kappa shape index (κ3) is 6.06. The van der Waals surface area contributed by atoms with E-state index in [0.717, 1.165) is 30.6 Å². The molecule has 2 amide bonds. The van der Waals surface area contributed by atoms with E-state index in [4.69, 9.17) is 5.14 Å². The van der Waals surface area contributed by atoms with Crippen molar-refractivity contribution in [2.45, 2.75) is 51.4 Å². The smallest absolute Gasteiger partial charge is 0.320 e. The van der Waals surface area contributed by atoms with Crippen LogP contribution < -0.4 is 5.14 Å². The second kappa shape index (κ2) is 8.78. The Bertz CT molecular complexity index is 978. The van der Waals surface area contributed by atoms with E-state index in [-0.39, 0.29) is 17.2 Å². The molecule has 2 N–H and O–H groups in total. The number of urea groups is 1. The molecular formula is C23H31N3O3S. The van der Waals surface area contributed by atoms with Crippen molar-refractivity contribution < 1.29 is 13.2 Å². The van der Waals surface area contributed by atoms with Gasteiger partial charge < -0.3 is 9.80 Å². The van der Waals surface area contributed by atoms with Gasteiger partial charge in [0.2, 0.25) is 10.0 Å². The number of rotatable bonds is 6. The van der Waals surface area contributed by atoms with Crippen molar-refractivity contribution >= 4 is 16.1 Å². The molecule has 2 aromatic rings. The van der Waals surface area contributed by atoms with Gasteiger partial charge in [-0.1, -0.05) is 69.3 Å². The zero-order valence-corrected chi connectivity index (χ0v) is 18.8. The number of nitrogens with zero attached hydrogens (tertiary/aromatic N) is 2. The van der Waals surface area contributed by atoms with E-state index in [2.05, 4.69) is 45.0 Å². The van der Waals surface area contributed by atoms with Crippen molar-refractivity contribution in [3.05, 3.63) is 70.8 Å². The molecule has 0 saturated carbocycles. The molecule has 162 valence electrons. The number of carbonyl (C=O) groups excluding carboxylic acids is 1. The molecule has 1 aliphatic rings. The lowest BCUT2D eigenvalue weighted by Gasteiger charge is -2.36. The second-order valence-electron chi connectivity index (χ2n) is 9.05. The van der Waals surface area contributed by atoms with Gasteiger partial charge in [-0.15, -0.1) is 0 Å². The maximum atomic E-state index is 13.0. The Morgan fingerprint density at radius 1 is 0.833 bits per heavy atom. The fourth-order valence-corrected chi connectivity index (χ4v) is 4.32. The van der Waals surface area contributed by atoms with Crippen LogP contribution in [0.1, 0.15) is 49.4 Å². The van der Waals surface area contributed by atoms with Gasteiger partial charge in [-0.3, -0.25) is 0 Å². The van der Waals surface area contributed by atoms with Crippen molar-refractivity contribution in [3.8, 4) is 0 Å². The normalized spacial score (nSPS) is 15.5. The van der Waals surface area contributed by atoms with Gasteiger partial charge in [-0.05, 0) is 34.1 Å². The highest BCUT2D eigenvalue weighted by atomic mass is 32.2. The molecule has 0 aromatic heterocycles. The lowest BCUT2D eigenvalue weighted by molar-refractivity contribution is 0.123. The van der Waals surface area contributed by atoms with Gasteiger partial charge in [0, 0.05) is 26.2 Å². The van der Waals surface area contributed by atoms with Crippen molar-refractivity contribution in [2.24, 2.45) is 5.14 Å². The standard InChI is InChI=1S/C23H31N3O3S/c1-23(2,3)21-11-9-19(10-12-21)16-26-14-4-13-25(22(26)27)15-18-5-7-20(8-6-18)17-30(24,28)29/h5-12H,4,13-17H2,1-3H3,(H2,24,28,29). The Kier molecular flexibility index (Phi) is 6.53. The molecule has 0 radical (unpaired) electrons. The molecule has 0 bridgehead atoms. The molecular weight excluding hydrogens is 398 g/mol. The summed E-state index contributed by atoms with van der Waals surface area (Å²) < 4.78 is 22.4. The van der Waals surface area contributed by atoms with Gasteiger partial charge >= 0.3 is 6.03 Å². The average molecular weight is 430 g/mol. The predicted octanol–water partition coefficient (Wildman–Crippen LogP) is 3.60. The zero-order chi connectivity index (χ0) is 21.9. The van der Waals surface area contributed by atoms with Gasteiger partial charge in [0.15, 0.2) is 0 Å². The first kappa shape index (κ1) is 22.3. The first-order valence-corrected chi connectivity index (χ1v) is 11.9. The monoisotopic (exact) mass is 429 g/mol. The molecule has 30 heavy (non-hydrogen) atoms. The summed E-state index contributed by atoms with van der Waals surface area (Å²) in [5.41, 5.74) is 4.14. The number of carbonyl (C=O) groups is 1. The summed E-state index contributed by atoms with van der Waals surface area (Å²) in [6.45, 7) is 9.16. The average Bonchev–Trinajstić information content (AvgIpc) is 2.65. The van der Waals surface area contributed by atoms with E-state index < -0.39 is 10.0 Å². The number of hydrogen-bond acceptors (Lipinski definition) is 3. The predicted molar refractivity (Wildman–Crippen MR) is 119 cm³/mol. The Labute approximate surface area is 179 Å². The first-order chi connectivity index (χ1) is 14.0. The fraction of sp³-hybridized carbons (Fsp3) is 0.435. The van der Waals surface area contributed by atoms with Gasteiger partial charge in [-0.2, -0.15) is 0 Å². The summed E-state index contributed by atoms with van der Waals surface area (Å²) >= 11 is 0. The van der Waals surface area contributed by atoms with Crippen molar-refractivity contribution in [2.75, 3.05) is 13.1 Å². The van der Waals surface area contributed by atoms with Crippen LogP contribution in [0.5, 0.6) is 0 Å². The number of amides is 2. The number of benzene rings is 2. The molecule has 1 aliphatic heterocycles. The summed E-state index contributed by atoms with van der Waals surface area (Å²) in [7, 11) is -3.55. The molecule has 0 aliphatic carbocycles. The largest absolute Gasteiger partial charge is 0.320 e. The van der Waals surface area contributed by atoms with Crippen molar-refractivity contribution in [1.82, 2.24) is 9.80 Å². The number of sulfonamides is 1. The lowest BCUT2D eigenvalue weighted by Crippen LogP contribution is -2.48. The van der Waals surface area contributed by atoms with Crippen LogP contribution in [0.15, 0.2) is 48.5 Å². The summed E-state index contributed by atoms with van der Waals surface area (Å²) in [6.07, 6.45) is 0.926. The van der Waals surface area contributed by atoms with E-state index in [1.807, 2.05) is 21.9 Å². The van der Waals surface area contributed by atoms with Crippen LogP contribution in [0.2, 0.25) is 0 Å². The maximum absolute atomic E-state index is 13.0. The highest BCUT2D eigenvalue weighted by molar-refractivity contribution is 7.88. The summed E-state index contributed by atoms with van der Waals surface area (Å²) in [6, 6.07) is 15.8. The molecule has 1 heterocycles. The third-order valence-corrected chi connectivity index (χ3v) is 6.09. The van der Waals surface area contributed by atoms with E-state index >= 15 is 0 Å². The summed E-state index contributed by atoms with van der Waals surface area (Å²) in [5, 5.41) is 5.09. The topological polar surface area (TPSA) is 83.7 Å². The highest BCUT2D eigenvalue weighted by Gasteiger charge is 2.25. The van der Waals surface area contributed by atoms with E-state index in [1.54, 1.807) is 12.1 Å². The third-order valence-electron chi connectivity index (χ3n) is 5.35. The molecule has 1 saturated heterocycles. The molecule has 2 aromatic carbocycles. The SMILES string of the molecule is CC(C)(C)c1ccc(CN2CCCN(Cc3ccc(CS(N)(=O)=O)cc3)C2=O)cc1. The van der Waals surface area contributed by atoms with E-state index in [1.165, 1.54) is 5.56 Å². The number of nitrogens with two attached hydrogens (primary N) is 1. The van der Waals surface area contributed by atoms with Crippen molar-refractivity contribution in [3.63, 3.8) is 0 Å². The molecule has 7 heteroatoms. The zero-order valence-electron chi connectivity index (χ0n) is 18.0. The van der Waals surface area contributed by atoms with Gasteiger partial charge in [0.25, 0.3) is 0 Å². The van der Waals surface area contributed by atoms with Crippen LogP contribution in [-0.4, -0.2) is 37.3 Å². The first-order valence-electron chi connectivity index (χ1n) is 10.2. The Hall–Kier alpha value is -2.38.